The zero-order valence-electron chi connectivity index (χ0n) is 14.9. The van der Waals surface area contributed by atoms with Crippen LogP contribution in [0.5, 0.6) is 5.75 Å². The molecule has 0 saturated carbocycles. The largest absolute Gasteiger partial charge is 0.489 e. The van der Waals surface area contributed by atoms with Gasteiger partial charge in [0.25, 0.3) is 5.56 Å². The van der Waals surface area contributed by atoms with Gasteiger partial charge in [-0.1, -0.05) is 18.2 Å². The molecule has 3 rings (SSSR count). The summed E-state index contributed by atoms with van der Waals surface area (Å²) in [6.07, 6.45) is -5.32. The van der Waals surface area contributed by atoms with Gasteiger partial charge in [0.2, 0.25) is 0 Å². The van der Waals surface area contributed by atoms with Crippen molar-refractivity contribution in [1.29, 1.82) is 0 Å². The molecule has 0 unspecified atom stereocenters. The second-order valence-corrected chi connectivity index (χ2v) is 6.48. The Morgan fingerprint density at radius 2 is 1.74 bits per heavy atom. The van der Waals surface area contributed by atoms with E-state index in [-0.39, 0.29) is 11.4 Å². The summed E-state index contributed by atoms with van der Waals surface area (Å²) in [4.78, 5) is 13.0. The molecule has 0 aliphatic rings. The van der Waals surface area contributed by atoms with E-state index in [0.29, 0.717) is 28.6 Å². The maximum absolute atomic E-state index is 14.1. The Bertz CT molecular complexity index is 1070. The Balaban J connectivity index is 2.39. The Labute approximate surface area is 152 Å². The lowest BCUT2D eigenvalue weighted by Crippen LogP contribution is -2.23. The van der Waals surface area contributed by atoms with Gasteiger partial charge in [-0.2, -0.15) is 13.2 Å². The molecule has 1 heterocycles. The van der Waals surface area contributed by atoms with Crippen molar-refractivity contribution >= 4 is 10.8 Å². The first kappa shape index (κ1) is 18.9. The predicted octanol–water partition coefficient (Wildman–Crippen LogP) is 5.24. The molecule has 0 aliphatic carbocycles. The molecule has 0 spiro atoms. The van der Waals surface area contributed by atoms with E-state index >= 15 is 0 Å². The average Bonchev–Trinajstić information content (AvgIpc) is 2.55. The van der Waals surface area contributed by atoms with Gasteiger partial charge in [-0.3, -0.25) is 9.36 Å². The number of rotatable bonds is 3. The highest BCUT2D eigenvalue weighted by Crippen LogP contribution is 2.37. The molecule has 0 aliphatic heterocycles. The molecule has 27 heavy (non-hydrogen) atoms. The fourth-order valence-corrected chi connectivity index (χ4v) is 2.97. The van der Waals surface area contributed by atoms with Crippen molar-refractivity contribution in [2.75, 3.05) is 0 Å². The summed E-state index contributed by atoms with van der Waals surface area (Å²) in [5.41, 5.74) is -1.69. The SMILES string of the molecule is Cc1cc2ccccc2c(=O)n1-c1cc(C(F)(F)F)c(F)cc1OC(C)C. The molecule has 142 valence electrons. The quantitative estimate of drug-likeness (QED) is 0.583. The van der Waals surface area contributed by atoms with E-state index in [2.05, 4.69) is 0 Å². The van der Waals surface area contributed by atoms with Gasteiger partial charge in [-0.25, -0.2) is 4.39 Å². The van der Waals surface area contributed by atoms with Crippen molar-refractivity contribution < 1.29 is 22.3 Å². The highest BCUT2D eigenvalue weighted by Gasteiger charge is 2.35. The number of ether oxygens (including phenoxy) is 1. The van der Waals surface area contributed by atoms with E-state index in [1.54, 1.807) is 51.1 Å². The summed E-state index contributed by atoms with van der Waals surface area (Å²) in [5.74, 6) is -1.58. The fraction of sp³-hybridized carbons (Fsp3) is 0.250. The monoisotopic (exact) mass is 379 g/mol. The Morgan fingerprint density at radius 3 is 2.37 bits per heavy atom. The summed E-state index contributed by atoms with van der Waals surface area (Å²) in [5, 5.41) is 1.01. The van der Waals surface area contributed by atoms with Crippen LogP contribution in [-0.2, 0) is 6.18 Å². The molecule has 0 N–H and O–H groups in total. The number of nitrogens with zero attached hydrogens (tertiary/aromatic N) is 1. The lowest BCUT2D eigenvalue weighted by atomic mass is 10.1. The zero-order chi connectivity index (χ0) is 19.9. The summed E-state index contributed by atoms with van der Waals surface area (Å²) >= 11 is 0. The molecule has 1 aromatic heterocycles. The lowest BCUT2D eigenvalue weighted by molar-refractivity contribution is -0.140. The molecule has 0 atom stereocenters. The van der Waals surface area contributed by atoms with Crippen LogP contribution in [0.15, 0.2) is 47.3 Å². The fourth-order valence-electron chi connectivity index (χ4n) is 2.97. The first-order chi connectivity index (χ1) is 12.6. The third-order valence-electron chi connectivity index (χ3n) is 4.07. The minimum Gasteiger partial charge on any atom is -0.489 e. The third-order valence-corrected chi connectivity index (χ3v) is 4.07. The topological polar surface area (TPSA) is 31.2 Å². The number of fused-ring (bicyclic) bond motifs is 1. The zero-order valence-corrected chi connectivity index (χ0v) is 14.9. The molecule has 3 nitrogen and oxygen atoms in total. The number of pyridine rings is 1. The van der Waals surface area contributed by atoms with E-state index in [1.165, 1.54) is 0 Å². The molecule has 3 aromatic rings. The van der Waals surface area contributed by atoms with Crippen molar-refractivity contribution in [1.82, 2.24) is 4.57 Å². The standard InChI is InChI=1S/C20H17F4NO2/c1-11(2)27-18-10-16(21)15(20(22,23)24)9-17(18)25-12(3)8-13-6-4-5-7-14(13)19(25)26/h4-11H,1-3H3. The summed E-state index contributed by atoms with van der Waals surface area (Å²) in [6, 6.07) is 9.75. The van der Waals surface area contributed by atoms with Crippen LogP contribution >= 0.6 is 0 Å². The van der Waals surface area contributed by atoms with E-state index in [1.807, 2.05) is 0 Å². The van der Waals surface area contributed by atoms with Crippen molar-refractivity contribution in [3.63, 3.8) is 0 Å². The van der Waals surface area contributed by atoms with Gasteiger partial charge in [-0.15, -0.1) is 0 Å². The molecule has 7 heteroatoms. The molecule has 0 bridgehead atoms. The highest BCUT2D eigenvalue weighted by atomic mass is 19.4. The van der Waals surface area contributed by atoms with E-state index in [4.69, 9.17) is 4.74 Å². The summed E-state index contributed by atoms with van der Waals surface area (Å²) in [6.45, 7) is 4.92. The smallest absolute Gasteiger partial charge is 0.419 e. The Kier molecular flexibility index (Phi) is 4.71. The number of halogens is 4. The number of aromatic nitrogens is 1. The molecule has 0 amide bonds. The predicted molar refractivity (Wildman–Crippen MR) is 95.0 cm³/mol. The lowest BCUT2D eigenvalue weighted by Gasteiger charge is -2.20. The Morgan fingerprint density at radius 1 is 1.07 bits per heavy atom. The second-order valence-electron chi connectivity index (χ2n) is 6.48. The first-order valence-corrected chi connectivity index (χ1v) is 8.28. The van der Waals surface area contributed by atoms with Crippen LogP contribution in [0.4, 0.5) is 17.6 Å². The van der Waals surface area contributed by atoms with Crippen molar-refractivity contribution in [2.24, 2.45) is 0 Å². The van der Waals surface area contributed by atoms with Crippen LogP contribution in [-0.4, -0.2) is 10.7 Å². The van der Waals surface area contributed by atoms with Gasteiger partial charge in [0.05, 0.1) is 17.4 Å². The van der Waals surface area contributed by atoms with Crippen LogP contribution in [0.1, 0.15) is 25.1 Å². The van der Waals surface area contributed by atoms with Crippen LogP contribution < -0.4 is 10.3 Å². The van der Waals surface area contributed by atoms with Gasteiger partial charge in [-0.05, 0) is 44.4 Å². The minimum atomic E-state index is -4.90. The van der Waals surface area contributed by atoms with Crippen LogP contribution in [0.25, 0.3) is 16.5 Å². The molecule has 0 fully saturated rings. The number of aryl methyl sites for hydroxylation is 1. The van der Waals surface area contributed by atoms with Gasteiger partial charge < -0.3 is 4.74 Å². The molecular weight excluding hydrogens is 362 g/mol. The van der Waals surface area contributed by atoms with Crippen LogP contribution in [0, 0.1) is 12.7 Å². The average molecular weight is 379 g/mol. The molecule has 2 aromatic carbocycles. The van der Waals surface area contributed by atoms with Gasteiger partial charge in [0.15, 0.2) is 0 Å². The van der Waals surface area contributed by atoms with E-state index in [0.717, 1.165) is 4.57 Å². The van der Waals surface area contributed by atoms with Gasteiger partial charge in [0, 0.05) is 17.1 Å². The summed E-state index contributed by atoms with van der Waals surface area (Å²) in [7, 11) is 0. The molecule has 0 saturated heterocycles. The normalized spacial score (nSPS) is 12.0. The number of alkyl halides is 3. The molecular formula is C20H17F4NO2. The van der Waals surface area contributed by atoms with Gasteiger partial charge in [0.1, 0.15) is 11.6 Å². The van der Waals surface area contributed by atoms with E-state index in [9.17, 15) is 22.4 Å². The maximum Gasteiger partial charge on any atom is 0.419 e. The number of benzene rings is 2. The Hall–Kier alpha value is -2.83. The number of hydrogen-bond acceptors (Lipinski definition) is 2. The first-order valence-electron chi connectivity index (χ1n) is 8.28. The summed E-state index contributed by atoms with van der Waals surface area (Å²) < 4.78 is 60.4. The van der Waals surface area contributed by atoms with E-state index < -0.39 is 29.2 Å². The third kappa shape index (κ3) is 3.54. The van der Waals surface area contributed by atoms with Crippen LogP contribution in [0.2, 0.25) is 0 Å². The molecule has 0 radical (unpaired) electrons. The maximum atomic E-state index is 14.1. The van der Waals surface area contributed by atoms with Gasteiger partial charge >= 0.3 is 6.18 Å². The van der Waals surface area contributed by atoms with Crippen molar-refractivity contribution in [3.8, 4) is 11.4 Å². The number of hydrogen-bond donors (Lipinski definition) is 0. The second kappa shape index (κ2) is 6.72. The minimum absolute atomic E-state index is 0.129. The van der Waals surface area contributed by atoms with Crippen molar-refractivity contribution in [3.05, 3.63) is 69.9 Å². The van der Waals surface area contributed by atoms with Crippen LogP contribution in [0.3, 0.4) is 0 Å². The van der Waals surface area contributed by atoms with Crippen molar-refractivity contribution in [2.45, 2.75) is 33.1 Å². The highest BCUT2D eigenvalue weighted by molar-refractivity contribution is 5.82.